The summed E-state index contributed by atoms with van der Waals surface area (Å²) in [5.74, 6) is 0. The lowest BCUT2D eigenvalue weighted by atomic mass is 9.85. The highest BCUT2D eigenvalue weighted by atomic mass is 15.1. The summed E-state index contributed by atoms with van der Waals surface area (Å²) in [6, 6.07) is 31.3. The fourth-order valence-corrected chi connectivity index (χ4v) is 6.32. The average Bonchev–Trinajstić information content (AvgIpc) is 3.40. The third-order valence-electron chi connectivity index (χ3n) is 8.42. The molecule has 0 aliphatic heterocycles. The second-order valence-corrected chi connectivity index (χ2v) is 16.0. The molecular weight excluding hydrogens is 508 g/mol. The highest BCUT2D eigenvalue weighted by Gasteiger charge is 2.24. The first-order chi connectivity index (χ1) is 19.4. The first-order valence-electron chi connectivity index (χ1n) is 15.5. The maximum Gasteiger partial charge on any atom is 0.0496 e. The second kappa shape index (κ2) is 10.0. The molecule has 0 aliphatic rings. The Hall–Kier alpha value is -3.52. The van der Waals surface area contributed by atoms with Crippen LogP contribution in [0.15, 0.2) is 84.9 Å². The van der Waals surface area contributed by atoms with Crippen molar-refractivity contribution in [3.63, 3.8) is 0 Å². The summed E-state index contributed by atoms with van der Waals surface area (Å²) < 4.78 is 4.92. The van der Waals surface area contributed by atoms with Gasteiger partial charge in [-0.2, -0.15) is 0 Å². The van der Waals surface area contributed by atoms with Gasteiger partial charge in [0.15, 0.2) is 0 Å². The molecule has 0 amide bonds. The van der Waals surface area contributed by atoms with Gasteiger partial charge >= 0.3 is 0 Å². The summed E-state index contributed by atoms with van der Waals surface area (Å²) in [6.07, 6.45) is 0. The quantitative estimate of drug-likeness (QED) is 0.175. The Morgan fingerprint density at radius 1 is 0.357 bits per heavy atom. The van der Waals surface area contributed by atoms with Crippen LogP contribution in [0, 0.1) is 0 Å². The van der Waals surface area contributed by atoms with Gasteiger partial charge in [0, 0.05) is 54.7 Å². The summed E-state index contributed by atoms with van der Waals surface area (Å²) in [5, 5.41) is 5.45. The van der Waals surface area contributed by atoms with Crippen molar-refractivity contribution >= 4 is 43.6 Å². The highest BCUT2D eigenvalue weighted by Crippen LogP contribution is 2.39. The number of aromatic nitrogens is 2. The number of hydrogen-bond acceptors (Lipinski definition) is 0. The van der Waals surface area contributed by atoms with Crippen LogP contribution in [0.25, 0.3) is 43.6 Å². The van der Waals surface area contributed by atoms with Gasteiger partial charge in [-0.1, -0.05) is 90.1 Å². The predicted octanol–water partition coefficient (Wildman–Crippen LogP) is 11.7. The van der Waals surface area contributed by atoms with Crippen LogP contribution >= 0.6 is 0 Å². The van der Waals surface area contributed by atoms with Gasteiger partial charge in [-0.3, -0.25) is 0 Å². The molecule has 0 saturated carbocycles. The number of hydrogen-bond donors (Lipinski definition) is 0. The van der Waals surface area contributed by atoms with E-state index in [9.17, 15) is 0 Å². The molecule has 0 radical (unpaired) electrons. The number of fused-ring (bicyclic) bond motifs is 6. The Kier molecular flexibility index (Phi) is 7.16. The lowest BCUT2D eigenvalue weighted by molar-refractivity contribution is 0.423. The van der Waals surface area contributed by atoms with Crippen LogP contribution in [0.5, 0.6) is 0 Å². The minimum atomic E-state index is 0.0481. The van der Waals surface area contributed by atoms with Crippen LogP contribution in [0.1, 0.15) is 94.2 Å². The standard InChI is InChI=1S/C24H33N.C16H17N/c1-22(2,3)16-10-12-20-18(14-16)19-15-17(23(4,5)6)11-13-21(19)25(20)24(7,8)9;1-16(2,3)17-14-10-6-4-8-12(14)13-9-5-7-11-15(13)17/h10-15H,1-9H3;4-11H,1-3H3. The van der Waals surface area contributed by atoms with Gasteiger partial charge in [-0.15, -0.1) is 0 Å². The largest absolute Gasteiger partial charge is 0.335 e. The zero-order chi connectivity index (χ0) is 30.8. The molecule has 0 unspecified atom stereocenters. The summed E-state index contributed by atoms with van der Waals surface area (Å²) in [6.45, 7) is 27.4. The third kappa shape index (κ3) is 5.37. The zero-order valence-electron chi connectivity index (χ0n) is 28.0. The SMILES string of the molecule is CC(C)(C)c1ccc2c(c1)c1cc(C(C)(C)C)ccc1n2C(C)(C)C.CC(C)(C)n1c2ccccc2c2ccccc21. The number of nitrogens with zero attached hydrogens (tertiary/aromatic N) is 2. The summed E-state index contributed by atoms with van der Waals surface area (Å²) >= 11 is 0. The minimum absolute atomic E-state index is 0.0481. The van der Waals surface area contributed by atoms with Gasteiger partial charge in [0.1, 0.15) is 0 Å². The fraction of sp³-hybridized carbons (Fsp3) is 0.400. The lowest BCUT2D eigenvalue weighted by Crippen LogP contribution is -2.21. The molecule has 2 aromatic heterocycles. The van der Waals surface area contributed by atoms with Crippen molar-refractivity contribution in [1.29, 1.82) is 0 Å². The Bertz CT molecular complexity index is 1770. The van der Waals surface area contributed by atoms with Crippen molar-refractivity contribution in [1.82, 2.24) is 9.13 Å². The number of rotatable bonds is 0. The van der Waals surface area contributed by atoms with E-state index < -0.39 is 0 Å². The maximum atomic E-state index is 2.50. The molecule has 6 rings (SSSR count). The lowest BCUT2D eigenvalue weighted by Gasteiger charge is -2.25. The van der Waals surface area contributed by atoms with Gasteiger partial charge in [0.25, 0.3) is 0 Å². The third-order valence-corrected chi connectivity index (χ3v) is 8.42. The maximum absolute atomic E-state index is 2.50. The Morgan fingerprint density at radius 2 is 0.667 bits per heavy atom. The van der Waals surface area contributed by atoms with E-state index in [4.69, 9.17) is 0 Å². The second-order valence-electron chi connectivity index (χ2n) is 16.0. The van der Waals surface area contributed by atoms with E-state index in [1.807, 2.05) is 0 Å². The summed E-state index contributed by atoms with van der Waals surface area (Å²) in [4.78, 5) is 0. The van der Waals surface area contributed by atoms with E-state index >= 15 is 0 Å². The normalized spacial score (nSPS) is 13.2. The Morgan fingerprint density at radius 3 is 0.976 bits per heavy atom. The van der Waals surface area contributed by atoms with Crippen LogP contribution in [0.4, 0.5) is 0 Å². The van der Waals surface area contributed by atoms with E-state index in [0.29, 0.717) is 0 Å². The summed E-state index contributed by atoms with van der Waals surface area (Å²) in [7, 11) is 0. The molecular formula is C40H50N2. The van der Waals surface area contributed by atoms with Crippen LogP contribution in [0.3, 0.4) is 0 Å². The van der Waals surface area contributed by atoms with Gasteiger partial charge in [0.05, 0.1) is 0 Å². The van der Waals surface area contributed by atoms with Gasteiger partial charge in [-0.05, 0) is 99.9 Å². The first-order valence-corrected chi connectivity index (χ1v) is 15.5. The first kappa shape index (κ1) is 30.0. The van der Waals surface area contributed by atoms with Crippen molar-refractivity contribution in [2.45, 2.75) is 105 Å². The van der Waals surface area contributed by atoms with E-state index in [-0.39, 0.29) is 21.9 Å². The molecule has 2 heterocycles. The molecule has 2 nitrogen and oxygen atoms in total. The molecule has 0 saturated heterocycles. The van der Waals surface area contributed by atoms with Crippen molar-refractivity contribution < 1.29 is 0 Å². The van der Waals surface area contributed by atoms with Crippen molar-refractivity contribution in [3.05, 3.63) is 96.1 Å². The summed E-state index contributed by atoms with van der Waals surface area (Å²) in [5.41, 5.74) is 8.57. The monoisotopic (exact) mass is 558 g/mol. The Balaban J connectivity index is 0.000000180. The predicted molar refractivity (Wildman–Crippen MR) is 186 cm³/mol. The smallest absolute Gasteiger partial charge is 0.0496 e. The molecule has 0 fully saturated rings. The molecule has 42 heavy (non-hydrogen) atoms. The van der Waals surface area contributed by atoms with Gasteiger partial charge in [-0.25, -0.2) is 0 Å². The molecule has 0 atom stereocenters. The van der Waals surface area contributed by atoms with E-state index in [0.717, 1.165) is 0 Å². The molecule has 0 N–H and O–H groups in total. The molecule has 0 aliphatic carbocycles. The van der Waals surface area contributed by atoms with Crippen molar-refractivity contribution in [3.8, 4) is 0 Å². The molecule has 220 valence electrons. The highest BCUT2D eigenvalue weighted by molar-refractivity contribution is 6.09. The number of benzene rings is 4. The van der Waals surface area contributed by atoms with Crippen LogP contribution in [-0.2, 0) is 21.9 Å². The molecule has 0 bridgehead atoms. The zero-order valence-corrected chi connectivity index (χ0v) is 28.0. The molecule has 2 heteroatoms. The molecule has 4 aromatic carbocycles. The van der Waals surface area contributed by atoms with Crippen LogP contribution < -0.4 is 0 Å². The van der Waals surface area contributed by atoms with Crippen molar-refractivity contribution in [2.75, 3.05) is 0 Å². The molecule has 0 spiro atoms. The van der Waals surface area contributed by atoms with Gasteiger partial charge < -0.3 is 9.13 Å². The molecule has 6 aromatic rings. The van der Waals surface area contributed by atoms with Crippen molar-refractivity contribution in [2.24, 2.45) is 0 Å². The van der Waals surface area contributed by atoms with E-state index in [1.54, 1.807) is 0 Å². The average molecular weight is 559 g/mol. The number of para-hydroxylation sites is 2. The van der Waals surface area contributed by atoms with Crippen LogP contribution in [-0.4, -0.2) is 9.13 Å². The van der Waals surface area contributed by atoms with E-state index in [1.165, 1.54) is 54.7 Å². The Labute approximate surface area is 253 Å². The van der Waals surface area contributed by atoms with E-state index in [2.05, 4.69) is 177 Å². The topological polar surface area (TPSA) is 9.86 Å². The minimum Gasteiger partial charge on any atom is -0.335 e. The fourth-order valence-electron chi connectivity index (χ4n) is 6.32. The van der Waals surface area contributed by atoms with Crippen LogP contribution in [0.2, 0.25) is 0 Å². The van der Waals surface area contributed by atoms with Gasteiger partial charge in [0.2, 0.25) is 0 Å².